The number of anilines is 1. The summed E-state index contributed by atoms with van der Waals surface area (Å²) in [5.74, 6) is 1.71. The van der Waals surface area contributed by atoms with E-state index in [-0.39, 0.29) is 0 Å². The molecule has 0 saturated heterocycles. The molecule has 1 aliphatic heterocycles. The van der Waals surface area contributed by atoms with E-state index in [0.717, 1.165) is 23.7 Å². The summed E-state index contributed by atoms with van der Waals surface area (Å²) in [6, 6.07) is 6.05. The summed E-state index contributed by atoms with van der Waals surface area (Å²) in [4.78, 5) is 0. The third-order valence-corrected chi connectivity index (χ3v) is 2.90. The fourth-order valence-electron chi connectivity index (χ4n) is 1.94. The first-order valence-corrected chi connectivity index (χ1v) is 6.53. The molecule has 0 fully saturated rings. The van der Waals surface area contributed by atoms with E-state index in [2.05, 4.69) is 12.2 Å². The standard InChI is InChI=1S/C14H21NO2/c1-2-3-4-5-8-15-12-6-7-13-14(11-12)17-10-9-16-13/h6-7,11,15H,2-5,8-10H2,1H3. The van der Waals surface area contributed by atoms with Crippen molar-refractivity contribution >= 4 is 5.69 Å². The first kappa shape index (κ1) is 12.1. The minimum Gasteiger partial charge on any atom is -0.486 e. The molecule has 0 bridgehead atoms. The molecule has 0 radical (unpaired) electrons. The predicted molar refractivity (Wildman–Crippen MR) is 70.1 cm³/mol. The van der Waals surface area contributed by atoms with Gasteiger partial charge in [-0.15, -0.1) is 0 Å². The van der Waals surface area contributed by atoms with Gasteiger partial charge in [0.2, 0.25) is 0 Å². The van der Waals surface area contributed by atoms with Gasteiger partial charge >= 0.3 is 0 Å². The Morgan fingerprint density at radius 1 is 1.06 bits per heavy atom. The highest BCUT2D eigenvalue weighted by Crippen LogP contribution is 2.32. The second kappa shape index (κ2) is 6.38. The minimum atomic E-state index is 0.646. The van der Waals surface area contributed by atoms with Gasteiger partial charge < -0.3 is 14.8 Å². The molecule has 0 unspecified atom stereocenters. The van der Waals surface area contributed by atoms with E-state index in [1.54, 1.807) is 0 Å². The van der Waals surface area contributed by atoms with Crippen molar-refractivity contribution in [3.8, 4) is 11.5 Å². The maximum atomic E-state index is 5.54. The second-order valence-corrected chi connectivity index (χ2v) is 4.35. The van der Waals surface area contributed by atoms with Crippen molar-refractivity contribution in [2.75, 3.05) is 25.1 Å². The molecular weight excluding hydrogens is 214 g/mol. The van der Waals surface area contributed by atoms with Gasteiger partial charge in [0, 0.05) is 18.3 Å². The van der Waals surface area contributed by atoms with E-state index in [1.165, 1.54) is 25.7 Å². The zero-order chi connectivity index (χ0) is 11.9. The van der Waals surface area contributed by atoms with Gasteiger partial charge in [-0.2, -0.15) is 0 Å². The van der Waals surface area contributed by atoms with Gasteiger partial charge in [0.05, 0.1) is 0 Å². The van der Waals surface area contributed by atoms with Gasteiger partial charge in [-0.1, -0.05) is 26.2 Å². The van der Waals surface area contributed by atoms with Crippen LogP contribution in [0.4, 0.5) is 5.69 Å². The molecule has 3 heteroatoms. The Morgan fingerprint density at radius 2 is 1.88 bits per heavy atom. The highest BCUT2D eigenvalue weighted by Gasteiger charge is 2.11. The van der Waals surface area contributed by atoms with Crippen LogP contribution in [0.1, 0.15) is 32.6 Å². The molecule has 0 aromatic heterocycles. The number of hydrogen-bond acceptors (Lipinski definition) is 3. The molecule has 1 aromatic carbocycles. The van der Waals surface area contributed by atoms with Crippen LogP contribution in [-0.2, 0) is 0 Å². The molecule has 0 saturated carbocycles. The molecule has 2 rings (SSSR count). The van der Waals surface area contributed by atoms with Crippen molar-refractivity contribution in [3.63, 3.8) is 0 Å². The zero-order valence-electron chi connectivity index (χ0n) is 10.5. The van der Waals surface area contributed by atoms with Crippen LogP contribution in [0.15, 0.2) is 18.2 Å². The first-order chi connectivity index (χ1) is 8.40. The van der Waals surface area contributed by atoms with E-state index in [0.29, 0.717) is 13.2 Å². The van der Waals surface area contributed by atoms with E-state index in [9.17, 15) is 0 Å². The number of fused-ring (bicyclic) bond motifs is 1. The van der Waals surface area contributed by atoms with Crippen molar-refractivity contribution in [3.05, 3.63) is 18.2 Å². The van der Waals surface area contributed by atoms with Crippen molar-refractivity contribution in [2.24, 2.45) is 0 Å². The lowest BCUT2D eigenvalue weighted by molar-refractivity contribution is 0.171. The average Bonchev–Trinajstić information content (AvgIpc) is 2.38. The summed E-state index contributed by atoms with van der Waals surface area (Å²) >= 11 is 0. The Balaban J connectivity index is 1.81. The van der Waals surface area contributed by atoms with E-state index >= 15 is 0 Å². The molecule has 3 nitrogen and oxygen atoms in total. The third kappa shape index (κ3) is 3.55. The summed E-state index contributed by atoms with van der Waals surface area (Å²) in [5, 5.41) is 3.42. The first-order valence-electron chi connectivity index (χ1n) is 6.53. The molecule has 1 heterocycles. The quantitative estimate of drug-likeness (QED) is 0.766. The Morgan fingerprint density at radius 3 is 2.71 bits per heavy atom. The van der Waals surface area contributed by atoms with Crippen LogP contribution >= 0.6 is 0 Å². The number of ether oxygens (including phenoxy) is 2. The average molecular weight is 235 g/mol. The van der Waals surface area contributed by atoms with E-state index in [1.807, 2.05) is 18.2 Å². The number of rotatable bonds is 6. The Kier molecular flexibility index (Phi) is 4.54. The molecule has 0 aliphatic carbocycles. The SMILES string of the molecule is CCCCCCNc1ccc2c(c1)OCCO2. The summed E-state index contributed by atoms with van der Waals surface area (Å²) in [6.45, 7) is 4.55. The molecule has 1 aromatic rings. The molecule has 0 spiro atoms. The smallest absolute Gasteiger partial charge is 0.163 e. The Hall–Kier alpha value is -1.38. The van der Waals surface area contributed by atoms with Crippen LogP contribution in [0, 0.1) is 0 Å². The highest BCUT2D eigenvalue weighted by atomic mass is 16.6. The maximum Gasteiger partial charge on any atom is 0.163 e. The molecule has 94 valence electrons. The van der Waals surface area contributed by atoms with Gasteiger partial charge in [0.15, 0.2) is 11.5 Å². The molecular formula is C14H21NO2. The lowest BCUT2D eigenvalue weighted by Crippen LogP contribution is -2.15. The number of unbranched alkanes of at least 4 members (excludes halogenated alkanes) is 3. The predicted octanol–water partition coefficient (Wildman–Crippen LogP) is 3.45. The van der Waals surface area contributed by atoms with Gasteiger partial charge in [0.25, 0.3) is 0 Å². The van der Waals surface area contributed by atoms with E-state index < -0.39 is 0 Å². The van der Waals surface area contributed by atoms with Gasteiger partial charge in [-0.05, 0) is 18.6 Å². The van der Waals surface area contributed by atoms with Crippen molar-refractivity contribution in [2.45, 2.75) is 32.6 Å². The number of benzene rings is 1. The number of nitrogens with one attached hydrogen (secondary N) is 1. The summed E-state index contributed by atoms with van der Waals surface area (Å²) in [6.07, 6.45) is 5.13. The lowest BCUT2D eigenvalue weighted by Gasteiger charge is -2.19. The van der Waals surface area contributed by atoms with Gasteiger partial charge in [-0.25, -0.2) is 0 Å². The second-order valence-electron chi connectivity index (χ2n) is 4.35. The lowest BCUT2D eigenvalue weighted by atomic mass is 10.2. The van der Waals surface area contributed by atoms with Crippen LogP contribution in [0.5, 0.6) is 11.5 Å². The van der Waals surface area contributed by atoms with Crippen molar-refractivity contribution in [1.29, 1.82) is 0 Å². The fourth-order valence-corrected chi connectivity index (χ4v) is 1.94. The van der Waals surface area contributed by atoms with Crippen molar-refractivity contribution in [1.82, 2.24) is 0 Å². The maximum absolute atomic E-state index is 5.54. The van der Waals surface area contributed by atoms with Crippen LogP contribution < -0.4 is 14.8 Å². The zero-order valence-corrected chi connectivity index (χ0v) is 10.5. The molecule has 1 aliphatic rings. The van der Waals surface area contributed by atoms with Gasteiger partial charge in [0.1, 0.15) is 13.2 Å². The van der Waals surface area contributed by atoms with Crippen LogP contribution in [0.3, 0.4) is 0 Å². The topological polar surface area (TPSA) is 30.5 Å². The largest absolute Gasteiger partial charge is 0.486 e. The van der Waals surface area contributed by atoms with Crippen LogP contribution in [-0.4, -0.2) is 19.8 Å². The monoisotopic (exact) mass is 235 g/mol. The molecule has 0 atom stereocenters. The number of hydrogen-bond donors (Lipinski definition) is 1. The molecule has 1 N–H and O–H groups in total. The van der Waals surface area contributed by atoms with Crippen LogP contribution in [0.2, 0.25) is 0 Å². The third-order valence-electron chi connectivity index (χ3n) is 2.90. The normalized spacial score (nSPS) is 13.5. The van der Waals surface area contributed by atoms with Gasteiger partial charge in [-0.3, -0.25) is 0 Å². The summed E-state index contributed by atoms with van der Waals surface area (Å²) in [7, 11) is 0. The fraction of sp³-hybridized carbons (Fsp3) is 0.571. The molecule has 17 heavy (non-hydrogen) atoms. The van der Waals surface area contributed by atoms with Crippen LogP contribution in [0.25, 0.3) is 0 Å². The summed E-state index contributed by atoms with van der Waals surface area (Å²) < 4.78 is 11.0. The summed E-state index contributed by atoms with van der Waals surface area (Å²) in [5.41, 5.74) is 1.12. The molecule has 0 amide bonds. The van der Waals surface area contributed by atoms with E-state index in [4.69, 9.17) is 9.47 Å². The Labute approximate surface area is 103 Å². The Bertz CT molecular complexity index is 352. The minimum absolute atomic E-state index is 0.646. The van der Waals surface area contributed by atoms with Crippen molar-refractivity contribution < 1.29 is 9.47 Å². The highest BCUT2D eigenvalue weighted by molar-refractivity contribution is 5.55.